The Labute approximate surface area is 131 Å². The first kappa shape index (κ1) is 14.6. The molecule has 2 aliphatic carbocycles. The molecule has 3 rings (SSSR count). The summed E-state index contributed by atoms with van der Waals surface area (Å²) in [6.45, 7) is 2.34. The first-order chi connectivity index (χ1) is 9.65. The lowest BCUT2D eigenvalue weighted by Crippen LogP contribution is -2.31. The number of hydrogen-bond acceptors (Lipinski definition) is 2. The Hall–Kier alpha value is -0.280. The van der Waals surface area contributed by atoms with E-state index in [1.807, 2.05) is 18.2 Å². The van der Waals surface area contributed by atoms with Gasteiger partial charge in [0.05, 0.1) is 10.0 Å². The summed E-state index contributed by atoms with van der Waals surface area (Å²) in [5, 5.41) is 1.21. The van der Waals surface area contributed by atoms with E-state index in [-0.39, 0.29) is 6.04 Å². The first-order valence-electron chi connectivity index (χ1n) is 7.58. The summed E-state index contributed by atoms with van der Waals surface area (Å²) >= 11 is 12.3. The highest BCUT2D eigenvalue weighted by molar-refractivity contribution is 6.42. The van der Waals surface area contributed by atoms with Crippen molar-refractivity contribution in [2.75, 3.05) is 13.1 Å². The highest BCUT2D eigenvalue weighted by Gasteiger charge is 2.33. The molecule has 4 heteroatoms. The lowest BCUT2D eigenvalue weighted by molar-refractivity contribution is 0.243. The quantitative estimate of drug-likeness (QED) is 0.815. The molecule has 0 spiro atoms. The van der Waals surface area contributed by atoms with Gasteiger partial charge in [0.2, 0.25) is 0 Å². The summed E-state index contributed by atoms with van der Waals surface area (Å²) in [6.07, 6.45) is 6.49. The van der Waals surface area contributed by atoms with Crippen LogP contribution in [0.25, 0.3) is 0 Å². The van der Waals surface area contributed by atoms with E-state index < -0.39 is 0 Å². The maximum absolute atomic E-state index is 6.31. The van der Waals surface area contributed by atoms with E-state index in [4.69, 9.17) is 28.9 Å². The predicted octanol–water partition coefficient (Wildman–Crippen LogP) is 4.26. The zero-order valence-electron chi connectivity index (χ0n) is 11.7. The van der Waals surface area contributed by atoms with Crippen LogP contribution in [0.5, 0.6) is 0 Å². The minimum atomic E-state index is -0.0262. The Kier molecular flexibility index (Phi) is 4.56. The predicted molar refractivity (Wildman–Crippen MR) is 85.3 cm³/mol. The molecular weight excluding hydrogens is 291 g/mol. The molecule has 2 fully saturated rings. The smallest absolute Gasteiger partial charge is 0.0640 e. The van der Waals surface area contributed by atoms with Crippen LogP contribution in [0.4, 0.5) is 0 Å². The van der Waals surface area contributed by atoms with E-state index in [0.29, 0.717) is 10.0 Å². The fraction of sp³-hybridized carbons (Fsp3) is 0.625. The normalized spacial score (nSPS) is 20.4. The molecule has 20 heavy (non-hydrogen) atoms. The minimum absolute atomic E-state index is 0.0262. The van der Waals surface area contributed by atoms with Crippen LogP contribution < -0.4 is 5.73 Å². The third-order valence-electron chi connectivity index (χ3n) is 4.36. The number of nitrogens with two attached hydrogens (primary N) is 1. The van der Waals surface area contributed by atoms with E-state index in [9.17, 15) is 0 Å². The van der Waals surface area contributed by atoms with Crippen LogP contribution in [0.1, 0.15) is 43.7 Å². The standard InChI is InChI=1S/C16H22Cl2N2/c17-14-3-1-2-13(16(14)18)15(19)8-9-20(12-6-7-12)10-11-4-5-11/h1-3,11-12,15H,4-10,19H2. The summed E-state index contributed by atoms with van der Waals surface area (Å²) in [6, 6.07) is 6.51. The van der Waals surface area contributed by atoms with Gasteiger partial charge in [0.1, 0.15) is 0 Å². The molecule has 0 radical (unpaired) electrons. The Balaban J connectivity index is 1.57. The van der Waals surface area contributed by atoms with Gasteiger partial charge in [-0.2, -0.15) is 0 Å². The third kappa shape index (κ3) is 3.67. The van der Waals surface area contributed by atoms with Crippen molar-refractivity contribution in [2.24, 2.45) is 11.7 Å². The molecule has 2 nitrogen and oxygen atoms in total. The van der Waals surface area contributed by atoms with E-state index in [0.717, 1.165) is 30.5 Å². The molecule has 0 saturated heterocycles. The molecule has 0 aromatic heterocycles. The summed E-state index contributed by atoms with van der Waals surface area (Å²) in [5.41, 5.74) is 7.28. The molecule has 0 heterocycles. The second-order valence-electron chi connectivity index (χ2n) is 6.21. The van der Waals surface area contributed by atoms with Crippen molar-refractivity contribution in [2.45, 2.75) is 44.2 Å². The van der Waals surface area contributed by atoms with Gasteiger partial charge in [0, 0.05) is 25.2 Å². The van der Waals surface area contributed by atoms with Crippen LogP contribution in [0, 0.1) is 5.92 Å². The van der Waals surface area contributed by atoms with E-state index >= 15 is 0 Å². The molecule has 0 aliphatic heterocycles. The molecule has 1 aromatic rings. The molecule has 110 valence electrons. The molecule has 1 aromatic carbocycles. The summed E-state index contributed by atoms with van der Waals surface area (Å²) in [5.74, 6) is 0.946. The number of halogens is 2. The van der Waals surface area contributed by atoms with Gasteiger partial charge in [0.15, 0.2) is 0 Å². The lowest BCUT2D eigenvalue weighted by Gasteiger charge is -2.24. The van der Waals surface area contributed by atoms with Crippen molar-refractivity contribution in [1.82, 2.24) is 4.90 Å². The highest BCUT2D eigenvalue weighted by atomic mass is 35.5. The van der Waals surface area contributed by atoms with Crippen LogP contribution in [-0.2, 0) is 0 Å². The number of benzene rings is 1. The second-order valence-corrected chi connectivity index (χ2v) is 6.99. The van der Waals surface area contributed by atoms with Gasteiger partial charge in [-0.25, -0.2) is 0 Å². The highest BCUT2D eigenvalue weighted by Crippen LogP contribution is 2.36. The second kappa shape index (κ2) is 6.23. The van der Waals surface area contributed by atoms with Crippen molar-refractivity contribution in [3.63, 3.8) is 0 Å². The molecule has 2 N–H and O–H groups in total. The van der Waals surface area contributed by atoms with Crippen molar-refractivity contribution in [1.29, 1.82) is 0 Å². The zero-order valence-corrected chi connectivity index (χ0v) is 13.2. The zero-order chi connectivity index (χ0) is 14.1. The molecule has 0 bridgehead atoms. The lowest BCUT2D eigenvalue weighted by atomic mass is 10.0. The molecule has 2 aliphatic rings. The van der Waals surface area contributed by atoms with Crippen molar-refractivity contribution in [3.8, 4) is 0 Å². The first-order valence-corrected chi connectivity index (χ1v) is 8.34. The van der Waals surface area contributed by atoms with E-state index in [1.54, 1.807) is 0 Å². The van der Waals surface area contributed by atoms with Crippen molar-refractivity contribution < 1.29 is 0 Å². The average Bonchev–Trinajstić information content (AvgIpc) is 3.29. The molecular formula is C16H22Cl2N2. The topological polar surface area (TPSA) is 29.3 Å². The van der Waals surface area contributed by atoms with Gasteiger partial charge in [-0.15, -0.1) is 0 Å². The Bertz CT molecular complexity index is 470. The molecule has 0 amide bonds. The van der Waals surface area contributed by atoms with Gasteiger partial charge in [-0.1, -0.05) is 35.3 Å². The van der Waals surface area contributed by atoms with Crippen LogP contribution in [0.2, 0.25) is 10.0 Å². The third-order valence-corrected chi connectivity index (χ3v) is 5.19. The Morgan fingerprint density at radius 1 is 1.20 bits per heavy atom. The fourth-order valence-electron chi connectivity index (χ4n) is 2.76. The maximum Gasteiger partial charge on any atom is 0.0640 e. The van der Waals surface area contributed by atoms with Gasteiger partial charge in [-0.3, -0.25) is 0 Å². The minimum Gasteiger partial charge on any atom is -0.324 e. The number of nitrogens with zero attached hydrogens (tertiary/aromatic N) is 1. The Morgan fingerprint density at radius 3 is 2.60 bits per heavy atom. The van der Waals surface area contributed by atoms with Gasteiger partial charge in [-0.05, 0) is 49.7 Å². The summed E-state index contributed by atoms with van der Waals surface area (Å²) in [7, 11) is 0. The van der Waals surface area contributed by atoms with E-state index in [2.05, 4.69) is 4.90 Å². The van der Waals surface area contributed by atoms with Gasteiger partial charge < -0.3 is 10.6 Å². The Morgan fingerprint density at radius 2 is 1.95 bits per heavy atom. The van der Waals surface area contributed by atoms with Crippen LogP contribution in [-0.4, -0.2) is 24.0 Å². The van der Waals surface area contributed by atoms with Gasteiger partial charge in [0.25, 0.3) is 0 Å². The van der Waals surface area contributed by atoms with Crippen LogP contribution in [0.3, 0.4) is 0 Å². The monoisotopic (exact) mass is 312 g/mol. The maximum atomic E-state index is 6.31. The van der Waals surface area contributed by atoms with Gasteiger partial charge >= 0.3 is 0 Å². The SMILES string of the molecule is NC(CCN(CC1CC1)C1CC1)c1cccc(Cl)c1Cl. The largest absolute Gasteiger partial charge is 0.324 e. The summed E-state index contributed by atoms with van der Waals surface area (Å²) < 4.78 is 0. The fourth-order valence-corrected chi connectivity index (χ4v) is 3.21. The molecule has 1 unspecified atom stereocenters. The molecule has 1 atom stereocenters. The molecule has 2 saturated carbocycles. The summed E-state index contributed by atoms with van der Waals surface area (Å²) in [4.78, 5) is 2.63. The van der Waals surface area contributed by atoms with Crippen LogP contribution in [0.15, 0.2) is 18.2 Å². The average molecular weight is 313 g/mol. The van der Waals surface area contributed by atoms with E-state index in [1.165, 1.54) is 32.2 Å². The van der Waals surface area contributed by atoms with Crippen molar-refractivity contribution in [3.05, 3.63) is 33.8 Å². The van der Waals surface area contributed by atoms with Crippen molar-refractivity contribution >= 4 is 23.2 Å². The van der Waals surface area contributed by atoms with Crippen LogP contribution >= 0.6 is 23.2 Å². The number of rotatable bonds is 7. The number of hydrogen-bond donors (Lipinski definition) is 1.